The van der Waals surface area contributed by atoms with Crippen LogP contribution in [-0.4, -0.2) is 44.6 Å². The van der Waals surface area contributed by atoms with Crippen LogP contribution in [0.15, 0.2) is 60.7 Å². The number of nitrogens with one attached hydrogen (secondary N) is 1. The van der Waals surface area contributed by atoms with Gasteiger partial charge in [0.15, 0.2) is 9.84 Å². The molecule has 1 fully saturated rings. The average Bonchev–Trinajstić information content (AvgIpc) is 2.72. The summed E-state index contributed by atoms with van der Waals surface area (Å²) in [4.78, 5) is 14.9. The van der Waals surface area contributed by atoms with E-state index in [9.17, 15) is 13.2 Å². The number of carbonyl (C=O) groups is 1. The van der Waals surface area contributed by atoms with Gasteiger partial charge in [0.05, 0.1) is 17.4 Å². The molecule has 0 radical (unpaired) electrons. The quantitative estimate of drug-likeness (QED) is 0.641. The Hall–Kier alpha value is -2.18. The van der Waals surface area contributed by atoms with Gasteiger partial charge in [-0.05, 0) is 36.9 Å². The first-order valence-corrected chi connectivity index (χ1v) is 12.1. The Balaban J connectivity index is 1.38. The van der Waals surface area contributed by atoms with Crippen molar-refractivity contribution in [3.63, 3.8) is 0 Å². The number of hydrogen-bond donors (Lipinski definition) is 1. The van der Waals surface area contributed by atoms with E-state index in [1.54, 1.807) is 0 Å². The highest BCUT2D eigenvalue weighted by molar-refractivity contribution is 7.90. The second kappa shape index (κ2) is 10.6. The number of amides is 1. The number of likely N-dealkylation sites (tertiary alicyclic amines) is 1. The fourth-order valence-corrected chi connectivity index (χ4v) is 5.23. The highest BCUT2D eigenvalue weighted by atomic mass is 32.2. The Morgan fingerprint density at radius 3 is 2.34 bits per heavy atom. The van der Waals surface area contributed by atoms with Gasteiger partial charge in [0, 0.05) is 19.6 Å². The monoisotopic (exact) mass is 414 g/mol. The molecular weight excluding hydrogens is 384 g/mol. The molecule has 1 saturated heterocycles. The van der Waals surface area contributed by atoms with E-state index in [1.807, 2.05) is 48.5 Å². The molecule has 2 aromatic rings. The van der Waals surface area contributed by atoms with Gasteiger partial charge in [-0.25, -0.2) is 8.42 Å². The third kappa shape index (κ3) is 7.29. The third-order valence-corrected chi connectivity index (χ3v) is 6.97. The number of piperidine rings is 1. The van der Waals surface area contributed by atoms with Crippen molar-refractivity contribution in [1.82, 2.24) is 10.2 Å². The number of rotatable bonds is 9. The molecule has 1 aliphatic rings. The number of hydrogen-bond acceptors (Lipinski definition) is 4. The van der Waals surface area contributed by atoms with E-state index < -0.39 is 9.84 Å². The zero-order chi connectivity index (χ0) is 20.5. The second-order valence-corrected chi connectivity index (χ2v) is 9.97. The van der Waals surface area contributed by atoms with Gasteiger partial charge >= 0.3 is 0 Å². The predicted molar refractivity (Wildman–Crippen MR) is 116 cm³/mol. The Morgan fingerprint density at radius 1 is 1.00 bits per heavy atom. The average molecular weight is 415 g/mol. The minimum atomic E-state index is -3.16. The van der Waals surface area contributed by atoms with E-state index in [0.717, 1.165) is 38.0 Å². The molecule has 0 saturated carbocycles. The van der Waals surface area contributed by atoms with Gasteiger partial charge in [0.1, 0.15) is 0 Å². The summed E-state index contributed by atoms with van der Waals surface area (Å²) in [6, 6.07) is 19.5. The minimum Gasteiger partial charge on any atom is -0.356 e. The van der Waals surface area contributed by atoms with Gasteiger partial charge in [-0.2, -0.15) is 0 Å². The molecule has 5 nitrogen and oxygen atoms in total. The molecule has 3 rings (SSSR count). The molecule has 6 heteroatoms. The Bertz CT molecular complexity index is 870. The van der Waals surface area contributed by atoms with Gasteiger partial charge in [0.25, 0.3) is 0 Å². The molecule has 0 bridgehead atoms. The highest BCUT2D eigenvalue weighted by Crippen LogP contribution is 2.19. The summed E-state index contributed by atoms with van der Waals surface area (Å²) in [6.45, 7) is 3.04. The molecule has 0 spiro atoms. The topological polar surface area (TPSA) is 66.5 Å². The first-order valence-electron chi connectivity index (χ1n) is 10.3. The number of carbonyl (C=O) groups excluding carboxylic acids is 1. The zero-order valence-corrected chi connectivity index (χ0v) is 17.6. The van der Waals surface area contributed by atoms with Crippen LogP contribution >= 0.6 is 0 Å². The Kier molecular flexibility index (Phi) is 7.83. The molecule has 2 aromatic carbocycles. The molecule has 1 unspecified atom stereocenters. The largest absolute Gasteiger partial charge is 0.356 e. The van der Waals surface area contributed by atoms with Crippen LogP contribution < -0.4 is 5.32 Å². The van der Waals surface area contributed by atoms with Crippen LogP contribution in [-0.2, 0) is 26.9 Å². The first kappa shape index (κ1) is 21.5. The molecule has 1 atom stereocenters. The summed E-state index contributed by atoms with van der Waals surface area (Å²) in [6.07, 6.45) is 2.35. The van der Waals surface area contributed by atoms with Gasteiger partial charge in [-0.3, -0.25) is 9.69 Å². The fourth-order valence-electron chi connectivity index (χ4n) is 3.80. The van der Waals surface area contributed by atoms with Crippen LogP contribution in [0.4, 0.5) is 0 Å². The second-order valence-electron chi connectivity index (χ2n) is 7.78. The lowest BCUT2D eigenvalue weighted by Crippen LogP contribution is -2.43. The molecule has 1 amide bonds. The smallest absolute Gasteiger partial charge is 0.224 e. The number of sulfone groups is 1. The van der Waals surface area contributed by atoms with Crippen LogP contribution in [0, 0.1) is 5.92 Å². The van der Waals surface area contributed by atoms with Gasteiger partial charge in [-0.1, -0.05) is 60.7 Å². The summed E-state index contributed by atoms with van der Waals surface area (Å²) in [5.41, 5.74) is 2.06. The van der Waals surface area contributed by atoms with Crippen LogP contribution in [0.5, 0.6) is 0 Å². The fraction of sp³-hybridized carbons (Fsp3) is 0.435. The summed E-state index contributed by atoms with van der Waals surface area (Å²) >= 11 is 0. The Morgan fingerprint density at radius 2 is 1.66 bits per heavy atom. The maximum atomic E-state index is 12.5. The zero-order valence-electron chi connectivity index (χ0n) is 16.8. The van der Waals surface area contributed by atoms with Crippen molar-refractivity contribution in [1.29, 1.82) is 0 Å². The summed E-state index contributed by atoms with van der Waals surface area (Å²) < 4.78 is 24.5. The van der Waals surface area contributed by atoms with E-state index >= 15 is 0 Å². The van der Waals surface area contributed by atoms with Crippen LogP contribution in [0.1, 0.15) is 30.4 Å². The van der Waals surface area contributed by atoms with Crippen LogP contribution in [0.2, 0.25) is 0 Å². The van der Waals surface area contributed by atoms with Crippen molar-refractivity contribution >= 4 is 15.7 Å². The lowest BCUT2D eigenvalue weighted by atomic mass is 9.96. The van der Waals surface area contributed by atoms with E-state index in [1.165, 1.54) is 5.56 Å². The maximum absolute atomic E-state index is 12.5. The van der Waals surface area contributed by atoms with Crippen molar-refractivity contribution in [2.45, 2.75) is 31.6 Å². The maximum Gasteiger partial charge on any atom is 0.224 e. The number of nitrogens with zero attached hydrogens (tertiary/aromatic N) is 1. The number of benzene rings is 2. The van der Waals surface area contributed by atoms with Crippen molar-refractivity contribution in [3.05, 3.63) is 71.8 Å². The molecule has 1 N–H and O–H groups in total. The summed E-state index contributed by atoms with van der Waals surface area (Å²) in [7, 11) is -3.16. The predicted octanol–water partition coefficient (Wildman–Crippen LogP) is 3.02. The van der Waals surface area contributed by atoms with E-state index in [0.29, 0.717) is 13.0 Å². The third-order valence-electron chi connectivity index (χ3n) is 5.29. The molecular formula is C23H30N2O3S. The van der Waals surface area contributed by atoms with Gasteiger partial charge < -0.3 is 5.32 Å². The van der Waals surface area contributed by atoms with Crippen molar-refractivity contribution < 1.29 is 13.2 Å². The molecule has 29 heavy (non-hydrogen) atoms. The SMILES string of the molecule is O=C(NCCCS(=O)(=O)Cc1ccccc1)C1CCCN(Cc2ccccc2)C1. The van der Waals surface area contributed by atoms with Crippen LogP contribution in [0.3, 0.4) is 0 Å². The molecule has 1 aliphatic heterocycles. The highest BCUT2D eigenvalue weighted by Gasteiger charge is 2.25. The van der Waals surface area contributed by atoms with E-state index in [2.05, 4.69) is 22.3 Å². The normalized spacial score (nSPS) is 17.7. The molecule has 0 aromatic heterocycles. The van der Waals surface area contributed by atoms with E-state index in [4.69, 9.17) is 0 Å². The lowest BCUT2D eigenvalue weighted by Gasteiger charge is -2.32. The van der Waals surface area contributed by atoms with E-state index in [-0.39, 0.29) is 23.3 Å². The standard InChI is InChI=1S/C23H30N2O3S/c26-23(22-13-7-15-25(18-22)17-20-9-3-1-4-10-20)24-14-8-16-29(27,28)19-21-11-5-2-6-12-21/h1-6,9-12,22H,7-8,13-19H2,(H,24,26). The molecule has 156 valence electrons. The lowest BCUT2D eigenvalue weighted by molar-refractivity contribution is -0.126. The summed E-state index contributed by atoms with van der Waals surface area (Å²) in [5.74, 6) is 0.169. The van der Waals surface area contributed by atoms with Crippen molar-refractivity contribution in [2.75, 3.05) is 25.4 Å². The molecule has 1 heterocycles. The minimum absolute atomic E-state index is 0.0200. The summed E-state index contributed by atoms with van der Waals surface area (Å²) in [5, 5.41) is 2.94. The van der Waals surface area contributed by atoms with Crippen molar-refractivity contribution in [3.8, 4) is 0 Å². The van der Waals surface area contributed by atoms with Crippen LogP contribution in [0.25, 0.3) is 0 Å². The Labute approximate surface area is 174 Å². The molecule has 0 aliphatic carbocycles. The first-order chi connectivity index (χ1) is 14.0. The van der Waals surface area contributed by atoms with Gasteiger partial charge in [-0.15, -0.1) is 0 Å². The van der Waals surface area contributed by atoms with Crippen molar-refractivity contribution in [2.24, 2.45) is 5.92 Å². The van der Waals surface area contributed by atoms with Gasteiger partial charge in [0.2, 0.25) is 5.91 Å².